The van der Waals surface area contributed by atoms with Crippen molar-refractivity contribution in [3.8, 4) is 11.5 Å². The number of benzene rings is 2. The second kappa shape index (κ2) is 11.8. The predicted octanol–water partition coefficient (Wildman–Crippen LogP) is 4.27. The van der Waals surface area contributed by atoms with Crippen LogP contribution in [0.5, 0.6) is 11.5 Å². The maximum Gasteiger partial charge on any atom is 0.262 e. The summed E-state index contributed by atoms with van der Waals surface area (Å²) in [6.07, 6.45) is 3.37. The molecule has 0 saturated heterocycles. The lowest BCUT2D eigenvalue weighted by molar-refractivity contribution is -0.146. The molecule has 0 unspecified atom stereocenters. The van der Waals surface area contributed by atoms with E-state index in [4.69, 9.17) is 19.3 Å². The minimum atomic E-state index is -0.327. The molecule has 0 spiro atoms. The molecule has 1 atom stereocenters. The summed E-state index contributed by atoms with van der Waals surface area (Å²) < 4.78 is 16.2. The van der Waals surface area contributed by atoms with Crippen LogP contribution >= 0.6 is 0 Å². The molecule has 0 radical (unpaired) electrons. The van der Waals surface area contributed by atoms with Crippen LogP contribution in [0.4, 0.5) is 0 Å². The van der Waals surface area contributed by atoms with Gasteiger partial charge in [-0.05, 0) is 67.1 Å². The molecule has 0 aromatic heterocycles. The summed E-state index contributed by atoms with van der Waals surface area (Å²) >= 11 is 0. The van der Waals surface area contributed by atoms with E-state index in [0.717, 1.165) is 36.1 Å². The third kappa shape index (κ3) is 5.80. The van der Waals surface area contributed by atoms with Crippen molar-refractivity contribution >= 4 is 17.5 Å². The third-order valence-electron chi connectivity index (χ3n) is 7.46. The van der Waals surface area contributed by atoms with E-state index in [-0.39, 0.29) is 30.3 Å². The number of ether oxygens (including phenoxy) is 3. The molecule has 2 aromatic rings. The van der Waals surface area contributed by atoms with Crippen molar-refractivity contribution in [2.24, 2.45) is 11.0 Å². The van der Waals surface area contributed by atoms with Crippen LogP contribution in [0, 0.1) is 19.8 Å². The molecular formula is C29H37N3O5. The number of hydrogen-bond donors (Lipinski definition) is 0. The second-order valence-electron chi connectivity index (χ2n) is 9.80. The fraction of sp³-hybridized carbons (Fsp3) is 0.483. The molecule has 8 heteroatoms. The number of aryl methyl sites for hydroxylation is 2. The smallest absolute Gasteiger partial charge is 0.262 e. The lowest BCUT2D eigenvalue weighted by Crippen LogP contribution is -2.46. The molecule has 0 bridgehead atoms. The van der Waals surface area contributed by atoms with E-state index in [0.29, 0.717) is 31.1 Å². The van der Waals surface area contributed by atoms with Gasteiger partial charge in [0.1, 0.15) is 6.54 Å². The summed E-state index contributed by atoms with van der Waals surface area (Å²) in [6.45, 7) is 4.86. The van der Waals surface area contributed by atoms with Gasteiger partial charge in [-0.1, -0.05) is 24.6 Å². The van der Waals surface area contributed by atoms with Crippen molar-refractivity contribution in [1.82, 2.24) is 9.91 Å². The average molecular weight is 508 g/mol. The molecule has 198 valence electrons. The SMILES string of the molecule is COCCN(CC(=O)N1N=C(c2ccc(C)c(C)c2)C[C@H]1c1ccc(OC)c(OC)c1)C(=O)C1CCC1. The lowest BCUT2D eigenvalue weighted by atomic mass is 9.84. The Morgan fingerprint density at radius 3 is 2.38 bits per heavy atom. The molecule has 2 amide bonds. The van der Waals surface area contributed by atoms with Crippen molar-refractivity contribution in [2.45, 2.75) is 45.6 Å². The Kier molecular flexibility index (Phi) is 8.48. The van der Waals surface area contributed by atoms with Gasteiger partial charge in [0.25, 0.3) is 5.91 Å². The number of methoxy groups -OCH3 is 3. The molecule has 2 aliphatic rings. The van der Waals surface area contributed by atoms with E-state index in [1.54, 1.807) is 31.2 Å². The van der Waals surface area contributed by atoms with Gasteiger partial charge in [0.15, 0.2) is 11.5 Å². The van der Waals surface area contributed by atoms with Crippen LogP contribution in [0.1, 0.15) is 54.0 Å². The fourth-order valence-electron chi connectivity index (χ4n) is 4.77. The van der Waals surface area contributed by atoms with Crippen LogP contribution in [0.3, 0.4) is 0 Å². The fourth-order valence-corrected chi connectivity index (χ4v) is 4.77. The first-order valence-corrected chi connectivity index (χ1v) is 12.8. The Morgan fingerprint density at radius 2 is 1.76 bits per heavy atom. The van der Waals surface area contributed by atoms with Gasteiger partial charge in [0.05, 0.1) is 32.6 Å². The summed E-state index contributed by atoms with van der Waals surface area (Å²) in [7, 11) is 4.79. The Balaban J connectivity index is 1.65. The minimum Gasteiger partial charge on any atom is -0.493 e. The van der Waals surface area contributed by atoms with Crippen LogP contribution in [0.2, 0.25) is 0 Å². The van der Waals surface area contributed by atoms with E-state index < -0.39 is 0 Å². The van der Waals surface area contributed by atoms with Gasteiger partial charge in [-0.25, -0.2) is 5.01 Å². The highest BCUT2D eigenvalue weighted by Gasteiger charge is 2.36. The monoisotopic (exact) mass is 507 g/mol. The molecule has 4 rings (SSSR count). The van der Waals surface area contributed by atoms with Crippen molar-refractivity contribution < 1.29 is 23.8 Å². The molecular weight excluding hydrogens is 470 g/mol. The number of amides is 2. The largest absolute Gasteiger partial charge is 0.493 e. The number of nitrogens with zero attached hydrogens (tertiary/aromatic N) is 3. The summed E-state index contributed by atoms with van der Waals surface area (Å²) in [5.74, 6) is 1.02. The number of carbonyl (C=O) groups is 2. The van der Waals surface area contributed by atoms with Gasteiger partial charge in [-0.3, -0.25) is 9.59 Å². The second-order valence-corrected chi connectivity index (χ2v) is 9.80. The Hall–Kier alpha value is -3.39. The standard InChI is InChI=1S/C29H37N3O5/c1-19-9-10-22(15-20(19)2)24-17-25(23-11-12-26(36-4)27(16-23)37-5)32(30-24)28(33)18-31(13-14-35-3)29(34)21-7-6-8-21/h9-12,15-16,21,25H,6-8,13-14,17-18H2,1-5H3/t25-/m0/s1. The lowest BCUT2D eigenvalue weighted by Gasteiger charge is -2.32. The van der Waals surface area contributed by atoms with E-state index >= 15 is 0 Å². The first-order valence-electron chi connectivity index (χ1n) is 12.8. The molecule has 2 aromatic carbocycles. The van der Waals surface area contributed by atoms with Crippen LogP contribution < -0.4 is 9.47 Å². The average Bonchev–Trinajstić information content (AvgIpc) is 3.32. The number of carbonyl (C=O) groups excluding carboxylic acids is 2. The van der Waals surface area contributed by atoms with Crippen molar-refractivity contribution in [3.63, 3.8) is 0 Å². The topological polar surface area (TPSA) is 80.7 Å². The maximum absolute atomic E-state index is 13.7. The molecule has 1 aliphatic carbocycles. The molecule has 37 heavy (non-hydrogen) atoms. The first kappa shape index (κ1) is 26.7. The van der Waals surface area contributed by atoms with Gasteiger partial charge in [0.2, 0.25) is 5.91 Å². The highest BCUT2D eigenvalue weighted by Crippen LogP contribution is 2.38. The molecule has 1 saturated carbocycles. The predicted molar refractivity (Wildman–Crippen MR) is 142 cm³/mol. The van der Waals surface area contributed by atoms with Crippen molar-refractivity contribution in [3.05, 3.63) is 58.7 Å². The van der Waals surface area contributed by atoms with Crippen LogP contribution in [-0.2, 0) is 14.3 Å². The highest BCUT2D eigenvalue weighted by atomic mass is 16.5. The van der Waals surface area contributed by atoms with Gasteiger partial charge in [-0.15, -0.1) is 0 Å². The van der Waals surface area contributed by atoms with Gasteiger partial charge in [0, 0.05) is 26.0 Å². The van der Waals surface area contributed by atoms with Crippen molar-refractivity contribution in [1.29, 1.82) is 0 Å². The third-order valence-corrected chi connectivity index (χ3v) is 7.46. The molecule has 1 aliphatic heterocycles. The van der Waals surface area contributed by atoms with Gasteiger partial charge in [-0.2, -0.15) is 5.10 Å². The van der Waals surface area contributed by atoms with Crippen molar-refractivity contribution in [2.75, 3.05) is 41.0 Å². The molecule has 1 heterocycles. The first-order chi connectivity index (χ1) is 17.9. The van der Waals surface area contributed by atoms with Gasteiger partial charge >= 0.3 is 0 Å². The molecule has 8 nitrogen and oxygen atoms in total. The van der Waals surface area contributed by atoms with E-state index in [1.165, 1.54) is 11.1 Å². The zero-order valence-electron chi connectivity index (χ0n) is 22.5. The Labute approximate surface area is 219 Å². The van der Waals surface area contributed by atoms with E-state index in [1.807, 2.05) is 24.3 Å². The van der Waals surface area contributed by atoms with Crippen LogP contribution in [0.15, 0.2) is 41.5 Å². The highest BCUT2D eigenvalue weighted by molar-refractivity contribution is 6.03. The summed E-state index contributed by atoms with van der Waals surface area (Å²) in [6, 6.07) is 11.6. The number of hydrazone groups is 1. The minimum absolute atomic E-state index is 0.000485. The summed E-state index contributed by atoms with van der Waals surface area (Å²) in [4.78, 5) is 28.4. The zero-order chi connectivity index (χ0) is 26.5. The normalized spacial score (nSPS) is 17.3. The quantitative estimate of drug-likeness (QED) is 0.480. The summed E-state index contributed by atoms with van der Waals surface area (Å²) in [5, 5.41) is 6.36. The van der Waals surface area contributed by atoms with Gasteiger partial charge < -0.3 is 19.1 Å². The van der Waals surface area contributed by atoms with E-state index in [9.17, 15) is 9.59 Å². The Bertz CT molecular complexity index is 1170. The molecule has 1 fully saturated rings. The van der Waals surface area contributed by atoms with Crippen LogP contribution in [0.25, 0.3) is 0 Å². The molecule has 0 N–H and O–H groups in total. The maximum atomic E-state index is 13.7. The zero-order valence-corrected chi connectivity index (χ0v) is 22.5. The Morgan fingerprint density at radius 1 is 1.00 bits per heavy atom. The van der Waals surface area contributed by atoms with Crippen LogP contribution in [-0.4, -0.2) is 68.5 Å². The number of rotatable bonds is 10. The number of hydrogen-bond acceptors (Lipinski definition) is 6. The summed E-state index contributed by atoms with van der Waals surface area (Å²) in [5.41, 5.74) is 5.09. The van der Waals surface area contributed by atoms with E-state index in [2.05, 4.69) is 26.0 Å².